The van der Waals surface area contributed by atoms with Gasteiger partial charge >= 0.3 is 0 Å². The number of anilines is 1. The maximum absolute atomic E-state index is 13.3. The number of benzene rings is 1. The predicted molar refractivity (Wildman–Crippen MR) is 56.0 cm³/mol. The second-order valence-corrected chi connectivity index (χ2v) is 3.23. The number of nitrogens with two attached hydrogens (primary N) is 1. The first kappa shape index (κ1) is 10.6. The molecule has 1 aromatic carbocycles. The molecule has 0 heterocycles. The number of nitrogens with zero attached hydrogens (tertiary/aromatic N) is 1. The van der Waals surface area contributed by atoms with E-state index in [1.807, 2.05) is 11.9 Å². The van der Waals surface area contributed by atoms with Gasteiger partial charge in [-0.05, 0) is 19.2 Å². The summed E-state index contributed by atoms with van der Waals surface area (Å²) in [6, 6.07) is 4.68. The molecule has 1 aromatic rings. The number of hydrogen-bond acceptors (Lipinski definition) is 2. The van der Waals surface area contributed by atoms with Crippen LogP contribution < -0.4 is 5.73 Å². The van der Waals surface area contributed by atoms with Crippen LogP contribution in [0.2, 0.25) is 0 Å². The van der Waals surface area contributed by atoms with Crippen LogP contribution in [0.5, 0.6) is 0 Å². The summed E-state index contributed by atoms with van der Waals surface area (Å²) in [6.45, 7) is 1.00. The Kier molecular flexibility index (Phi) is 3.49. The molecule has 0 aliphatic heterocycles. The van der Waals surface area contributed by atoms with E-state index in [1.165, 1.54) is 6.07 Å². The minimum Gasteiger partial charge on any atom is -0.399 e. The van der Waals surface area contributed by atoms with Crippen LogP contribution in [-0.2, 0) is 6.54 Å². The van der Waals surface area contributed by atoms with Crippen molar-refractivity contribution in [3.05, 3.63) is 29.6 Å². The summed E-state index contributed by atoms with van der Waals surface area (Å²) in [5.74, 6) is 2.21. The molecule has 0 spiro atoms. The molecule has 0 atom stereocenters. The zero-order valence-corrected chi connectivity index (χ0v) is 8.13. The smallest absolute Gasteiger partial charge is 0.129 e. The van der Waals surface area contributed by atoms with Gasteiger partial charge in [0.25, 0.3) is 0 Å². The molecule has 1 rings (SSSR count). The zero-order chi connectivity index (χ0) is 10.6. The monoisotopic (exact) mass is 192 g/mol. The summed E-state index contributed by atoms with van der Waals surface area (Å²) < 4.78 is 13.3. The Labute approximate surface area is 83.5 Å². The van der Waals surface area contributed by atoms with Gasteiger partial charge in [0.2, 0.25) is 0 Å². The van der Waals surface area contributed by atoms with E-state index in [4.69, 9.17) is 12.2 Å². The average Bonchev–Trinajstić information content (AvgIpc) is 2.10. The summed E-state index contributed by atoms with van der Waals surface area (Å²) in [7, 11) is 1.84. The Balaban J connectivity index is 2.73. The van der Waals surface area contributed by atoms with E-state index in [0.717, 1.165) is 0 Å². The van der Waals surface area contributed by atoms with Gasteiger partial charge in [0.05, 0.1) is 6.54 Å². The lowest BCUT2D eigenvalue weighted by Crippen LogP contribution is -2.18. The predicted octanol–water partition coefficient (Wildman–Crippen LogP) is 1.47. The summed E-state index contributed by atoms with van der Waals surface area (Å²) in [6.07, 6.45) is 5.14. The molecule has 0 unspecified atom stereocenters. The number of terminal acetylenes is 1. The molecule has 0 bridgehead atoms. The topological polar surface area (TPSA) is 29.3 Å². The lowest BCUT2D eigenvalue weighted by Gasteiger charge is -2.13. The van der Waals surface area contributed by atoms with Crippen molar-refractivity contribution < 1.29 is 4.39 Å². The van der Waals surface area contributed by atoms with Crippen LogP contribution >= 0.6 is 0 Å². The van der Waals surface area contributed by atoms with Crippen LogP contribution in [0.3, 0.4) is 0 Å². The standard InChI is InChI=1S/C11H13FN2/c1-3-6-14(2)8-9-4-5-10(13)7-11(9)12/h1,4-5,7H,6,8,13H2,2H3. The van der Waals surface area contributed by atoms with E-state index in [1.54, 1.807) is 12.1 Å². The molecule has 0 aliphatic carbocycles. The third kappa shape index (κ3) is 2.75. The normalized spacial score (nSPS) is 10.1. The lowest BCUT2D eigenvalue weighted by atomic mass is 10.2. The fourth-order valence-corrected chi connectivity index (χ4v) is 1.19. The van der Waals surface area contributed by atoms with E-state index in [-0.39, 0.29) is 5.82 Å². The first-order chi connectivity index (χ1) is 6.63. The molecule has 2 nitrogen and oxygen atoms in total. The molecule has 0 saturated heterocycles. The maximum Gasteiger partial charge on any atom is 0.129 e. The molecule has 0 saturated carbocycles. The van der Waals surface area contributed by atoms with Gasteiger partial charge in [0.15, 0.2) is 0 Å². The molecule has 2 N–H and O–H groups in total. The molecular weight excluding hydrogens is 179 g/mol. The first-order valence-corrected chi connectivity index (χ1v) is 4.29. The van der Waals surface area contributed by atoms with Crippen LogP contribution in [0.1, 0.15) is 5.56 Å². The lowest BCUT2D eigenvalue weighted by molar-refractivity contribution is 0.361. The Hall–Kier alpha value is -1.53. The van der Waals surface area contributed by atoms with Gasteiger partial charge in [-0.2, -0.15) is 0 Å². The Morgan fingerprint density at radius 1 is 1.57 bits per heavy atom. The van der Waals surface area contributed by atoms with Gasteiger partial charge in [-0.15, -0.1) is 6.42 Å². The van der Waals surface area contributed by atoms with Crippen molar-refractivity contribution >= 4 is 5.69 Å². The van der Waals surface area contributed by atoms with Crippen LogP contribution in [0.4, 0.5) is 10.1 Å². The van der Waals surface area contributed by atoms with Crippen molar-refractivity contribution in [3.8, 4) is 12.3 Å². The van der Waals surface area contributed by atoms with E-state index < -0.39 is 0 Å². The fourth-order valence-electron chi connectivity index (χ4n) is 1.19. The highest BCUT2D eigenvalue weighted by molar-refractivity contribution is 5.40. The van der Waals surface area contributed by atoms with Crippen LogP contribution in [-0.4, -0.2) is 18.5 Å². The Bertz CT molecular complexity index is 355. The molecule has 0 aliphatic rings. The van der Waals surface area contributed by atoms with Gasteiger partial charge in [-0.3, -0.25) is 4.90 Å². The number of halogens is 1. The second-order valence-electron chi connectivity index (χ2n) is 3.23. The average molecular weight is 192 g/mol. The third-order valence-electron chi connectivity index (χ3n) is 1.88. The van der Waals surface area contributed by atoms with Gasteiger partial charge in [0, 0.05) is 17.8 Å². The van der Waals surface area contributed by atoms with E-state index in [9.17, 15) is 4.39 Å². The maximum atomic E-state index is 13.3. The second kappa shape index (κ2) is 4.64. The fraction of sp³-hybridized carbons (Fsp3) is 0.273. The van der Waals surface area contributed by atoms with Crippen molar-refractivity contribution in [1.82, 2.24) is 4.90 Å². The molecule has 0 fully saturated rings. The van der Waals surface area contributed by atoms with Gasteiger partial charge in [0.1, 0.15) is 5.82 Å². The highest BCUT2D eigenvalue weighted by Gasteiger charge is 2.04. The Morgan fingerprint density at radius 2 is 2.29 bits per heavy atom. The summed E-state index contributed by atoms with van der Waals surface area (Å²) in [5.41, 5.74) is 6.48. The van der Waals surface area contributed by atoms with Crippen LogP contribution in [0.25, 0.3) is 0 Å². The quantitative estimate of drug-likeness (QED) is 0.580. The van der Waals surface area contributed by atoms with Crippen molar-refractivity contribution in [2.24, 2.45) is 0 Å². The Morgan fingerprint density at radius 3 is 2.86 bits per heavy atom. The minimum absolute atomic E-state index is 0.283. The number of hydrogen-bond donors (Lipinski definition) is 1. The summed E-state index contributed by atoms with van der Waals surface area (Å²) >= 11 is 0. The molecule has 74 valence electrons. The third-order valence-corrected chi connectivity index (χ3v) is 1.88. The van der Waals surface area contributed by atoms with Crippen LogP contribution in [0, 0.1) is 18.2 Å². The first-order valence-electron chi connectivity index (χ1n) is 4.29. The van der Waals surface area contributed by atoms with Gasteiger partial charge < -0.3 is 5.73 Å². The summed E-state index contributed by atoms with van der Waals surface area (Å²) in [5, 5.41) is 0. The van der Waals surface area contributed by atoms with Crippen molar-refractivity contribution in [2.45, 2.75) is 6.54 Å². The molecule has 0 aromatic heterocycles. The van der Waals surface area contributed by atoms with Crippen molar-refractivity contribution in [2.75, 3.05) is 19.3 Å². The zero-order valence-electron chi connectivity index (χ0n) is 8.13. The highest BCUT2D eigenvalue weighted by Crippen LogP contribution is 2.13. The number of nitrogen functional groups attached to an aromatic ring is 1. The minimum atomic E-state index is -0.283. The summed E-state index contributed by atoms with van der Waals surface area (Å²) in [4.78, 5) is 1.86. The molecule has 3 heteroatoms. The van der Waals surface area contributed by atoms with Crippen molar-refractivity contribution in [3.63, 3.8) is 0 Å². The van der Waals surface area contributed by atoms with Crippen molar-refractivity contribution in [1.29, 1.82) is 0 Å². The largest absolute Gasteiger partial charge is 0.399 e. The van der Waals surface area contributed by atoms with E-state index in [2.05, 4.69) is 5.92 Å². The highest BCUT2D eigenvalue weighted by atomic mass is 19.1. The van der Waals surface area contributed by atoms with Gasteiger partial charge in [-0.25, -0.2) is 4.39 Å². The molecule has 0 radical (unpaired) electrons. The number of rotatable bonds is 3. The van der Waals surface area contributed by atoms with Gasteiger partial charge in [-0.1, -0.05) is 12.0 Å². The molecular formula is C11H13FN2. The van der Waals surface area contributed by atoms with Crippen LogP contribution in [0.15, 0.2) is 18.2 Å². The molecule has 14 heavy (non-hydrogen) atoms. The molecule has 0 amide bonds. The van der Waals surface area contributed by atoms with E-state index in [0.29, 0.717) is 24.3 Å². The SMILES string of the molecule is C#CCN(C)Cc1ccc(N)cc1F. The van der Waals surface area contributed by atoms with E-state index >= 15 is 0 Å².